The van der Waals surface area contributed by atoms with Gasteiger partial charge >= 0.3 is 6.18 Å². The van der Waals surface area contributed by atoms with Gasteiger partial charge in [-0.1, -0.05) is 22.4 Å². The normalized spacial score (nSPS) is 28.1. The highest BCUT2D eigenvalue weighted by atomic mass is 79.9. The largest absolute Gasteiger partial charge is 0.416 e. The molecule has 0 radical (unpaired) electrons. The molecule has 1 aromatic rings. The van der Waals surface area contributed by atoms with Gasteiger partial charge in [-0.3, -0.25) is 4.79 Å². The van der Waals surface area contributed by atoms with E-state index in [0.29, 0.717) is 22.7 Å². The predicted molar refractivity (Wildman–Crippen MR) is 77.0 cm³/mol. The first-order chi connectivity index (χ1) is 9.84. The molecule has 0 aromatic heterocycles. The molecule has 2 aliphatic carbocycles. The van der Waals surface area contributed by atoms with Gasteiger partial charge in [-0.05, 0) is 55.2 Å². The fraction of sp³-hybridized carbons (Fsp3) is 0.562. The summed E-state index contributed by atoms with van der Waals surface area (Å²) >= 11 is 3.20. The van der Waals surface area contributed by atoms with Crippen molar-refractivity contribution in [2.24, 2.45) is 17.8 Å². The maximum absolute atomic E-state index is 12.8. The van der Waals surface area contributed by atoms with Crippen molar-refractivity contribution in [1.29, 1.82) is 0 Å². The van der Waals surface area contributed by atoms with Crippen molar-refractivity contribution in [1.82, 2.24) is 0 Å². The number of ketones is 1. The van der Waals surface area contributed by atoms with Crippen molar-refractivity contribution in [2.45, 2.75) is 38.3 Å². The molecule has 5 heteroatoms. The number of fused-ring (bicyclic) bond motifs is 2. The van der Waals surface area contributed by atoms with Crippen LogP contribution in [-0.4, -0.2) is 5.78 Å². The highest BCUT2D eigenvalue weighted by Crippen LogP contribution is 2.50. The Balaban J connectivity index is 1.78. The lowest BCUT2D eigenvalue weighted by Gasteiger charge is -2.21. The lowest BCUT2D eigenvalue weighted by atomic mass is 9.84. The summed E-state index contributed by atoms with van der Waals surface area (Å²) in [6.45, 7) is 0. The molecule has 0 amide bonds. The van der Waals surface area contributed by atoms with Gasteiger partial charge in [0.15, 0.2) is 5.78 Å². The highest BCUT2D eigenvalue weighted by Gasteiger charge is 2.40. The van der Waals surface area contributed by atoms with Crippen LogP contribution in [-0.2, 0) is 6.18 Å². The number of rotatable bonds is 3. The van der Waals surface area contributed by atoms with Gasteiger partial charge in [-0.15, -0.1) is 0 Å². The minimum absolute atomic E-state index is 0.160. The van der Waals surface area contributed by atoms with Crippen molar-refractivity contribution in [3.05, 3.63) is 33.8 Å². The Hall–Kier alpha value is -0.840. The van der Waals surface area contributed by atoms with Crippen LogP contribution < -0.4 is 0 Å². The smallest absolute Gasteiger partial charge is 0.294 e. The first kappa shape index (κ1) is 15.1. The second kappa shape index (κ2) is 5.41. The molecular weight excluding hydrogens is 345 g/mol. The van der Waals surface area contributed by atoms with Gasteiger partial charge in [0, 0.05) is 16.5 Å². The molecule has 2 bridgehead atoms. The Morgan fingerprint density at radius 3 is 2.57 bits per heavy atom. The number of halogens is 4. The van der Waals surface area contributed by atoms with Gasteiger partial charge in [-0.2, -0.15) is 13.2 Å². The van der Waals surface area contributed by atoms with Gasteiger partial charge < -0.3 is 0 Å². The number of hydrogen-bond donors (Lipinski definition) is 0. The number of benzene rings is 1. The molecule has 0 aliphatic heterocycles. The SMILES string of the molecule is O=C(CC1CC2CCC1C2)c1cc(C(F)(F)F)ccc1Br. The Bertz CT molecular complexity index is 567. The Morgan fingerprint density at radius 2 is 2.00 bits per heavy atom. The molecule has 0 saturated heterocycles. The van der Waals surface area contributed by atoms with E-state index in [0.717, 1.165) is 24.5 Å². The third-order valence-corrected chi connectivity index (χ3v) is 5.62. The van der Waals surface area contributed by atoms with Gasteiger partial charge in [0.2, 0.25) is 0 Å². The summed E-state index contributed by atoms with van der Waals surface area (Å²) in [5, 5.41) is 0. The molecule has 3 atom stereocenters. The fourth-order valence-corrected chi connectivity index (χ4v) is 4.36. The van der Waals surface area contributed by atoms with Crippen LogP contribution in [0.15, 0.2) is 22.7 Å². The summed E-state index contributed by atoms with van der Waals surface area (Å²) in [6, 6.07) is 3.29. The molecule has 0 spiro atoms. The monoisotopic (exact) mass is 360 g/mol. The molecule has 1 aromatic carbocycles. The zero-order chi connectivity index (χ0) is 15.2. The molecule has 0 N–H and O–H groups in total. The maximum Gasteiger partial charge on any atom is 0.416 e. The summed E-state index contributed by atoms with van der Waals surface area (Å²) in [5.41, 5.74) is -0.602. The zero-order valence-electron chi connectivity index (χ0n) is 11.4. The third-order valence-electron chi connectivity index (χ3n) is 4.93. The standard InChI is InChI=1S/C16H16BrF3O/c17-14-4-3-12(16(18,19)20)8-13(14)15(21)7-11-6-9-1-2-10(11)5-9/h3-4,8-11H,1-2,5-7H2. The van der Waals surface area contributed by atoms with Crippen LogP contribution in [0, 0.1) is 17.8 Å². The molecule has 0 heterocycles. The Morgan fingerprint density at radius 1 is 1.24 bits per heavy atom. The summed E-state index contributed by atoms with van der Waals surface area (Å²) in [6.07, 6.45) is 0.646. The quantitative estimate of drug-likeness (QED) is 0.652. The number of alkyl halides is 3. The maximum atomic E-state index is 12.8. The minimum atomic E-state index is -4.41. The van der Waals surface area contributed by atoms with Gasteiger partial charge in [0.05, 0.1) is 5.56 Å². The number of Topliss-reactive ketones (excluding diaryl/α,β-unsaturated/α-hetero) is 1. The molecular formula is C16H16BrF3O. The molecule has 21 heavy (non-hydrogen) atoms. The average molecular weight is 361 g/mol. The molecule has 2 saturated carbocycles. The number of carbonyl (C=O) groups excluding carboxylic acids is 1. The van der Waals surface area contributed by atoms with Crippen LogP contribution in [0.3, 0.4) is 0 Å². The topological polar surface area (TPSA) is 17.1 Å². The van der Waals surface area contributed by atoms with Crippen LogP contribution in [0.2, 0.25) is 0 Å². The molecule has 3 unspecified atom stereocenters. The van der Waals surface area contributed by atoms with Crippen molar-refractivity contribution >= 4 is 21.7 Å². The second-order valence-electron chi connectivity index (χ2n) is 6.25. The molecule has 2 aliphatic rings. The molecule has 2 fully saturated rings. The first-order valence-electron chi connectivity index (χ1n) is 7.24. The van der Waals surface area contributed by atoms with Crippen LogP contribution in [0.1, 0.15) is 48.0 Å². The van der Waals surface area contributed by atoms with Gasteiger partial charge in [-0.25, -0.2) is 0 Å². The highest BCUT2D eigenvalue weighted by molar-refractivity contribution is 9.10. The first-order valence-corrected chi connectivity index (χ1v) is 8.04. The van der Waals surface area contributed by atoms with E-state index < -0.39 is 11.7 Å². The van der Waals surface area contributed by atoms with Crippen LogP contribution >= 0.6 is 15.9 Å². The second-order valence-corrected chi connectivity index (χ2v) is 7.11. The summed E-state index contributed by atoms with van der Waals surface area (Å²) in [5.74, 6) is 1.52. The number of hydrogen-bond acceptors (Lipinski definition) is 1. The summed E-state index contributed by atoms with van der Waals surface area (Å²) in [7, 11) is 0. The van der Waals surface area contributed by atoms with Crippen LogP contribution in [0.25, 0.3) is 0 Å². The van der Waals surface area contributed by atoms with E-state index in [4.69, 9.17) is 0 Å². The lowest BCUT2D eigenvalue weighted by molar-refractivity contribution is -0.137. The summed E-state index contributed by atoms with van der Waals surface area (Å²) < 4.78 is 38.7. The zero-order valence-corrected chi connectivity index (χ0v) is 13.0. The Kier molecular flexibility index (Phi) is 3.89. The van der Waals surface area contributed by atoms with Crippen LogP contribution in [0.5, 0.6) is 0 Å². The average Bonchev–Trinajstić information content (AvgIpc) is 2.99. The third kappa shape index (κ3) is 3.03. The van der Waals surface area contributed by atoms with E-state index in [1.165, 1.54) is 25.3 Å². The molecule has 114 valence electrons. The number of carbonyl (C=O) groups is 1. The molecule has 1 nitrogen and oxygen atoms in total. The Labute approximate surface area is 130 Å². The van der Waals surface area contributed by atoms with E-state index >= 15 is 0 Å². The van der Waals surface area contributed by atoms with E-state index in [9.17, 15) is 18.0 Å². The predicted octanol–water partition coefficient (Wildman–Crippen LogP) is 5.48. The lowest BCUT2D eigenvalue weighted by Crippen LogP contribution is -2.16. The van der Waals surface area contributed by atoms with Crippen molar-refractivity contribution in [3.8, 4) is 0 Å². The van der Waals surface area contributed by atoms with Crippen LogP contribution in [0.4, 0.5) is 13.2 Å². The van der Waals surface area contributed by atoms with Gasteiger partial charge in [0.25, 0.3) is 0 Å². The van der Waals surface area contributed by atoms with Gasteiger partial charge in [0.1, 0.15) is 0 Å². The van der Waals surface area contributed by atoms with E-state index in [-0.39, 0.29) is 11.3 Å². The molecule has 3 rings (SSSR count). The summed E-state index contributed by atoms with van der Waals surface area (Å²) in [4.78, 5) is 12.4. The van der Waals surface area contributed by atoms with Crippen molar-refractivity contribution < 1.29 is 18.0 Å². The minimum Gasteiger partial charge on any atom is -0.294 e. The van der Waals surface area contributed by atoms with Crippen molar-refractivity contribution in [3.63, 3.8) is 0 Å². The van der Waals surface area contributed by atoms with Crippen molar-refractivity contribution in [2.75, 3.05) is 0 Å². The van der Waals surface area contributed by atoms with E-state index in [1.807, 2.05) is 0 Å². The fourth-order valence-electron chi connectivity index (χ4n) is 3.89. The van der Waals surface area contributed by atoms with E-state index in [1.54, 1.807) is 0 Å². The van der Waals surface area contributed by atoms with E-state index in [2.05, 4.69) is 15.9 Å².